The molecule has 0 amide bonds. The Hall–Kier alpha value is -3.38. The molecule has 37 heavy (non-hydrogen) atoms. The first kappa shape index (κ1) is 22.8. The summed E-state index contributed by atoms with van der Waals surface area (Å²) < 4.78 is 43.4. The molecule has 6 heterocycles. The lowest BCUT2D eigenvalue weighted by atomic mass is 9.73. The Kier molecular flexibility index (Phi) is 4.81. The highest BCUT2D eigenvalue weighted by Crippen LogP contribution is 2.45. The van der Waals surface area contributed by atoms with Gasteiger partial charge in [-0.25, -0.2) is 9.67 Å². The minimum Gasteiger partial charge on any atom is -0.353 e. The van der Waals surface area contributed by atoms with E-state index in [0.29, 0.717) is 16.8 Å². The molecule has 9 nitrogen and oxygen atoms in total. The van der Waals surface area contributed by atoms with Crippen LogP contribution >= 0.6 is 11.6 Å². The fraction of sp³-hybridized carbons (Fsp3) is 0.417. The lowest BCUT2D eigenvalue weighted by Crippen LogP contribution is -2.73. The van der Waals surface area contributed by atoms with Crippen LogP contribution < -0.4 is 9.80 Å². The van der Waals surface area contributed by atoms with Crippen LogP contribution in [0.25, 0.3) is 16.7 Å². The summed E-state index contributed by atoms with van der Waals surface area (Å²) in [5, 5.41) is 14.9. The zero-order chi connectivity index (χ0) is 25.5. The average Bonchev–Trinajstić information content (AvgIpc) is 3.28. The first-order valence-electron chi connectivity index (χ1n) is 12.0. The number of anilines is 2. The van der Waals surface area contributed by atoms with Crippen molar-refractivity contribution >= 4 is 34.4 Å². The first-order valence-corrected chi connectivity index (χ1v) is 12.4. The van der Waals surface area contributed by atoms with Crippen molar-refractivity contribution in [1.29, 1.82) is 0 Å². The Morgan fingerprint density at radius 1 is 1.03 bits per heavy atom. The molecule has 2 fully saturated rings. The molecule has 3 aliphatic rings. The van der Waals surface area contributed by atoms with Crippen molar-refractivity contribution in [2.45, 2.75) is 19.3 Å². The van der Waals surface area contributed by atoms with Crippen molar-refractivity contribution in [3.05, 3.63) is 52.9 Å². The topological polar surface area (TPSA) is 71.1 Å². The molecule has 3 aliphatic heterocycles. The molecular formula is C24H23ClF3N9. The van der Waals surface area contributed by atoms with E-state index in [1.165, 1.54) is 4.90 Å². The third kappa shape index (κ3) is 3.72. The Morgan fingerprint density at radius 3 is 2.59 bits per heavy atom. The fourth-order valence-electron chi connectivity index (χ4n) is 5.95. The van der Waals surface area contributed by atoms with E-state index in [4.69, 9.17) is 11.6 Å². The lowest BCUT2D eigenvalue weighted by molar-refractivity contribution is -0.148. The predicted octanol–water partition coefficient (Wildman–Crippen LogP) is 3.41. The van der Waals surface area contributed by atoms with E-state index in [1.807, 2.05) is 29.8 Å². The Bertz CT molecular complexity index is 1510. The Morgan fingerprint density at radius 2 is 1.81 bits per heavy atom. The lowest BCUT2D eigenvalue weighted by Gasteiger charge is -2.60. The highest BCUT2D eigenvalue weighted by atomic mass is 35.5. The van der Waals surface area contributed by atoms with Crippen LogP contribution in [0.15, 0.2) is 36.5 Å². The van der Waals surface area contributed by atoms with Gasteiger partial charge in [0.1, 0.15) is 0 Å². The number of aryl methyl sites for hydroxylation is 1. The summed E-state index contributed by atoms with van der Waals surface area (Å²) in [4.78, 5) is 10.2. The first-order chi connectivity index (χ1) is 17.7. The van der Waals surface area contributed by atoms with Gasteiger partial charge in [0.15, 0.2) is 17.3 Å². The number of aromatic nitrogens is 6. The monoisotopic (exact) mass is 529 g/mol. The molecular weight excluding hydrogens is 507 g/mol. The zero-order valence-electron chi connectivity index (χ0n) is 20.0. The number of alkyl halides is 3. The molecule has 0 atom stereocenters. The predicted molar refractivity (Wildman–Crippen MR) is 132 cm³/mol. The highest BCUT2D eigenvalue weighted by molar-refractivity contribution is 6.30. The van der Waals surface area contributed by atoms with Crippen LogP contribution in [-0.4, -0.2) is 73.3 Å². The number of hydrogen-bond donors (Lipinski definition) is 0. The van der Waals surface area contributed by atoms with Gasteiger partial charge in [-0.05, 0) is 35.9 Å². The van der Waals surface area contributed by atoms with Crippen LogP contribution in [0.4, 0.5) is 24.9 Å². The molecule has 0 aliphatic carbocycles. The second-order valence-electron chi connectivity index (χ2n) is 10.3. The van der Waals surface area contributed by atoms with Crippen molar-refractivity contribution in [1.82, 2.24) is 34.4 Å². The van der Waals surface area contributed by atoms with Crippen molar-refractivity contribution in [2.75, 3.05) is 42.5 Å². The van der Waals surface area contributed by atoms with Crippen molar-refractivity contribution < 1.29 is 13.2 Å². The van der Waals surface area contributed by atoms with Crippen molar-refractivity contribution in [3.63, 3.8) is 0 Å². The van der Waals surface area contributed by atoms with Gasteiger partial charge in [0.2, 0.25) is 5.95 Å². The molecule has 4 aromatic rings. The molecule has 3 aromatic heterocycles. The molecule has 2 saturated heterocycles. The summed E-state index contributed by atoms with van der Waals surface area (Å²) in [6.45, 7) is 2.48. The summed E-state index contributed by atoms with van der Waals surface area (Å²) in [7, 11) is 1.90. The number of benzene rings is 1. The largest absolute Gasteiger partial charge is 0.401 e. The number of halogens is 4. The van der Waals surface area contributed by atoms with Gasteiger partial charge in [-0.1, -0.05) is 11.6 Å². The quantitative estimate of drug-likeness (QED) is 0.403. The van der Waals surface area contributed by atoms with Crippen molar-refractivity contribution in [2.24, 2.45) is 12.5 Å². The number of rotatable bonds is 3. The maximum absolute atomic E-state index is 13.2. The van der Waals surface area contributed by atoms with E-state index in [9.17, 15) is 13.2 Å². The fourth-order valence-corrected chi connectivity index (χ4v) is 6.14. The second kappa shape index (κ2) is 7.81. The molecule has 1 aromatic carbocycles. The summed E-state index contributed by atoms with van der Waals surface area (Å²) in [5.74, 6) is 2.09. The van der Waals surface area contributed by atoms with Crippen molar-refractivity contribution in [3.8, 4) is 5.69 Å². The maximum atomic E-state index is 13.2. The Labute approximate surface area is 215 Å². The molecule has 0 N–H and O–H groups in total. The second-order valence-corrected chi connectivity index (χ2v) is 10.8. The van der Waals surface area contributed by atoms with E-state index >= 15 is 0 Å². The van der Waals surface area contributed by atoms with E-state index in [-0.39, 0.29) is 18.5 Å². The van der Waals surface area contributed by atoms with E-state index in [0.717, 1.165) is 54.3 Å². The number of pyridine rings is 1. The number of fused-ring (bicyclic) bond motifs is 4. The van der Waals surface area contributed by atoms with Gasteiger partial charge in [-0.3, -0.25) is 9.47 Å². The van der Waals surface area contributed by atoms with Crippen LogP contribution in [0.5, 0.6) is 0 Å². The van der Waals surface area contributed by atoms with Crippen LogP contribution in [-0.2, 0) is 20.1 Å². The van der Waals surface area contributed by atoms with Gasteiger partial charge in [-0.15, -0.1) is 10.2 Å². The zero-order valence-corrected chi connectivity index (χ0v) is 20.7. The average molecular weight is 530 g/mol. The maximum Gasteiger partial charge on any atom is 0.401 e. The Balaban J connectivity index is 1.13. The number of nitrogens with zero attached hydrogens (tertiary/aromatic N) is 9. The minimum absolute atomic E-state index is 0.0480. The molecule has 0 saturated carbocycles. The molecule has 0 bridgehead atoms. The minimum atomic E-state index is -4.31. The number of hydrogen-bond acceptors (Lipinski definition) is 7. The third-order valence-electron chi connectivity index (χ3n) is 7.42. The standard InChI is InChI=1S/C24H23ClF3N9/c1-33-20-17(3-2-6-29-20)21(32-33)35-10-23(11-35)12-36(13-23)22-31-30-19-9-34(14-24(26,27)28)8-15-7-16(25)4-5-18(15)37(19)22/h2-7H,8-14H2,1H3. The highest BCUT2D eigenvalue weighted by Gasteiger charge is 2.54. The van der Waals surface area contributed by atoms with E-state index in [2.05, 4.69) is 30.1 Å². The van der Waals surface area contributed by atoms with Crippen LogP contribution in [0.3, 0.4) is 0 Å². The summed E-state index contributed by atoms with van der Waals surface area (Å²) >= 11 is 6.21. The van der Waals surface area contributed by atoms with Gasteiger partial charge < -0.3 is 9.80 Å². The molecule has 7 rings (SSSR count). The summed E-state index contributed by atoms with van der Waals surface area (Å²) in [5.41, 5.74) is 2.47. The third-order valence-corrected chi connectivity index (χ3v) is 7.66. The van der Waals surface area contributed by atoms with Gasteiger partial charge in [-0.2, -0.15) is 18.3 Å². The van der Waals surface area contributed by atoms with Gasteiger partial charge >= 0.3 is 6.18 Å². The van der Waals surface area contributed by atoms with Gasteiger partial charge in [0.05, 0.1) is 24.2 Å². The summed E-state index contributed by atoms with van der Waals surface area (Å²) in [6.07, 6.45) is -2.54. The molecule has 1 spiro atoms. The summed E-state index contributed by atoms with van der Waals surface area (Å²) in [6, 6.07) is 9.28. The molecule has 13 heteroatoms. The van der Waals surface area contributed by atoms with Gasteiger partial charge in [0, 0.05) is 56.4 Å². The van der Waals surface area contributed by atoms with E-state index < -0.39 is 12.7 Å². The molecule has 192 valence electrons. The van der Waals surface area contributed by atoms with Gasteiger partial charge in [0.25, 0.3) is 0 Å². The van der Waals surface area contributed by atoms with Crippen LogP contribution in [0.1, 0.15) is 11.4 Å². The van der Waals surface area contributed by atoms with Crippen LogP contribution in [0.2, 0.25) is 5.02 Å². The van der Waals surface area contributed by atoms with Crippen LogP contribution in [0, 0.1) is 5.41 Å². The smallest absolute Gasteiger partial charge is 0.353 e. The van der Waals surface area contributed by atoms with E-state index in [1.54, 1.807) is 23.0 Å². The molecule has 0 radical (unpaired) electrons. The normalized spacial score (nSPS) is 18.9. The molecule has 0 unspecified atom stereocenters. The SMILES string of the molecule is Cn1nc(N2CC3(C2)CN(c2nnc4n2-c2ccc(Cl)cc2CN(CC(F)(F)F)C4)C3)c2cccnc21.